The van der Waals surface area contributed by atoms with Crippen LogP contribution in [0.15, 0.2) is 41.5 Å². The summed E-state index contributed by atoms with van der Waals surface area (Å²) in [7, 11) is 0. The Morgan fingerprint density at radius 2 is 1.79 bits per heavy atom. The van der Waals surface area contributed by atoms with E-state index in [1.807, 2.05) is 24.3 Å². The van der Waals surface area contributed by atoms with Gasteiger partial charge in [-0.05, 0) is 18.1 Å². The minimum Gasteiger partial charge on any atom is -0.367 e. The lowest BCUT2D eigenvalue weighted by atomic mass is 10.2. The van der Waals surface area contributed by atoms with Gasteiger partial charge in [-0.2, -0.15) is 0 Å². The maximum Gasteiger partial charge on any atom is 0.293 e. The van der Waals surface area contributed by atoms with Crippen molar-refractivity contribution in [3.8, 4) is 0 Å². The lowest BCUT2D eigenvalue weighted by molar-refractivity contribution is 0.507. The molecular formula is C18H23ClN4O. The fourth-order valence-electron chi connectivity index (χ4n) is 3.06. The van der Waals surface area contributed by atoms with Crippen LogP contribution in [0.25, 0.3) is 0 Å². The molecule has 128 valence electrons. The summed E-state index contributed by atoms with van der Waals surface area (Å²) in [5.74, 6) is 0.979. The lowest BCUT2D eigenvalue weighted by Gasteiger charge is -2.36. The van der Waals surface area contributed by atoms with E-state index in [-0.39, 0.29) is 5.56 Å². The molecule has 0 radical (unpaired) electrons. The summed E-state index contributed by atoms with van der Waals surface area (Å²) in [6.07, 6.45) is 3.49. The topological polar surface area (TPSA) is 41.4 Å². The van der Waals surface area contributed by atoms with E-state index in [2.05, 4.69) is 28.6 Å². The summed E-state index contributed by atoms with van der Waals surface area (Å²) in [6.45, 7) is 8.10. The van der Waals surface area contributed by atoms with Gasteiger partial charge in [0.25, 0.3) is 5.56 Å². The van der Waals surface area contributed by atoms with Crippen molar-refractivity contribution in [2.45, 2.75) is 20.4 Å². The molecule has 6 heteroatoms. The van der Waals surface area contributed by atoms with Crippen LogP contribution in [0.3, 0.4) is 0 Å². The van der Waals surface area contributed by atoms with Gasteiger partial charge in [-0.3, -0.25) is 4.79 Å². The number of hydrogen-bond donors (Lipinski definition) is 0. The second-order valence-electron chi connectivity index (χ2n) is 6.53. The van der Waals surface area contributed by atoms with Gasteiger partial charge in [0.05, 0.1) is 10.7 Å². The van der Waals surface area contributed by atoms with Crippen molar-refractivity contribution in [2.75, 3.05) is 36.0 Å². The van der Waals surface area contributed by atoms with Gasteiger partial charge in [0, 0.05) is 45.1 Å². The molecule has 24 heavy (non-hydrogen) atoms. The summed E-state index contributed by atoms with van der Waals surface area (Å²) in [6, 6.07) is 7.88. The maximum atomic E-state index is 12.6. The second kappa shape index (κ2) is 7.26. The molecule has 0 bridgehead atoms. The molecule has 1 aliphatic heterocycles. The number of halogens is 1. The zero-order valence-corrected chi connectivity index (χ0v) is 14.9. The van der Waals surface area contributed by atoms with Crippen LogP contribution in [0.4, 0.5) is 11.5 Å². The number of hydrogen-bond acceptors (Lipinski definition) is 4. The molecular weight excluding hydrogens is 324 g/mol. The molecule has 1 aliphatic rings. The third-order valence-electron chi connectivity index (χ3n) is 4.23. The van der Waals surface area contributed by atoms with Crippen LogP contribution in [0.1, 0.15) is 13.8 Å². The van der Waals surface area contributed by atoms with E-state index < -0.39 is 0 Å². The molecule has 0 amide bonds. The molecule has 0 N–H and O–H groups in total. The van der Waals surface area contributed by atoms with Crippen molar-refractivity contribution in [3.05, 3.63) is 52.0 Å². The summed E-state index contributed by atoms with van der Waals surface area (Å²) in [5.41, 5.74) is 1.05. The van der Waals surface area contributed by atoms with E-state index in [1.165, 1.54) is 0 Å². The van der Waals surface area contributed by atoms with Crippen LogP contribution in [0.5, 0.6) is 0 Å². The Balaban J connectivity index is 1.73. The zero-order valence-electron chi connectivity index (χ0n) is 14.2. The van der Waals surface area contributed by atoms with Gasteiger partial charge in [-0.25, -0.2) is 4.98 Å². The Hall–Kier alpha value is -2.01. The number of piperazine rings is 1. The average Bonchev–Trinajstić information content (AvgIpc) is 2.57. The Labute approximate surface area is 147 Å². The van der Waals surface area contributed by atoms with Crippen molar-refractivity contribution < 1.29 is 0 Å². The molecule has 1 aromatic carbocycles. The first-order valence-corrected chi connectivity index (χ1v) is 8.74. The fourth-order valence-corrected chi connectivity index (χ4v) is 3.31. The first-order valence-electron chi connectivity index (χ1n) is 8.36. The number of anilines is 2. The van der Waals surface area contributed by atoms with Gasteiger partial charge in [-0.1, -0.05) is 37.6 Å². The van der Waals surface area contributed by atoms with Crippen molar-refractivity contribution >= 4 is 23.1 Å². The predicted molar refractivity (Wildman–Crippen MR) is 99.2 cm³/mol. The molecule has 3 rings (SSSR count). The maximum absolute atomic E-state index is 12.6. The van der Waals surface area contributed by atoms with Crippen LogP contribution in [0.2, 0.25) is 5.02 Å². The molecule has 0 aliphatic carbocycles. The Morgan fingerprint density at radius 1 is 1.12 bits per heavy atom. The SMILES string of the molecule is CC(C)Cn1ccnc(N2CCN(c3ccccc3Cl)CC2)c1=O. The zero-order chi connectivity index (χ0) is 17.1. The molecule has 2 heterocycles. The van der Waals surface area contributed by atoms with E-state index in [0.717, 1.165) is 36.9 Å². The first-order chi connectivity index (χ1) is 11.6. The highest BCUT2D eigenvalue weighted by Gasteiger charge is 2.22. The molecule has 5 nitrogen and oxygen atoms in total. The number of nitrogens with zero attached hydrogens (tertiary/aromatic N) is 4. The molecule has 0 spiro atoms. The average molecular weight is 347 g/mol. The Bertz CT molecular complexity index is 751. The number of rotatable bonds is 4. The number of benzene rings is 1. The number of para-hydroxylation sites is 1. The molecule has 0 unspecified atom stereocenters. The Kier molecular flexibility index (Phi) is 5.09. The van der Waals surface area contributed by atoms with Crippen LogP contribution in [-0.4, -0.2) is 35.7 Å². The fraction of sp³-hybridized carbons (Fsp3) is 0.444. The van der Waals surface area contributed by atoms with Crippen molar-refractivity contribution in [3.63, 3.8) is 0 Å². The highest BCUT2D eigenvalue weighted by molar-refractivity contribution is 6.33. The molecule has 0 atom stereocenters. The van der Waals surface area contributed by atoms with Crippen LogP contribution in [-0.2, 0) is 6.54 Å². The van der Waals surface area contributed by atoms with E-state index >= 15 is 0 Å². The third-order valence-corrected chi connectivity index (χ3v) is 4.55. The third kappa shape index (κ3) is 3.56. The van der Waals surface area contributed by atoms with Crippen molar-refractivity contribution in [1.29, 1.82) is 0 Å². The first kappa shape index (κ1) is 16.8. The minimum absolute atomic E-state index is 0.00241. The molecule has 2 aromatic rings. The van der Waals surface area contributed by atoms with Gasteiger partial charge in [-0.15, -0.1) is 0 Å². The van der Waals surface area contributed by atoms with E-state index in [9.17, 15) is 4.79 Å². The summed E-state index contributed by atoms with van der Waals surface area (Å²) >= 11 is 6.28. The van der Waals surface area contributed by atoms with Gasteiger partial charge in [0.15, 0.2) is 5.82 Å². The van der Waals surface area contributed by atoms with E-state index in [1.54, 1.807) is 17.0 Å². The van der Waals surface area contributed by atoms with Gasteiger partial charge in [0.1, 0.15) is 0 Å². The number of aromatic nitrogens is 2. The molecule has 1 aromatic heterocycles. The van der Waals surface area contributed by atoms with Gasteiger partial charge in [0.2, 0.25) is 0 Å². The highest BCUT2D eigenvalue weighted by Crippen LogP contribution is 2.26. The summed E-state index contributed by atoms with van der Waals surface area (Å²) in [4.78, 5) is 21.3. The molecule has 0 saturated carbocycles. The van der Waals surface area contributed by atoms with E-state index in [0.29, 0.717) is 18.3 Å². The van der Waals surface area contributed by atoms with Gasteiger partial charge >= 0.3 is 0 Å². The Morgan fingerprint density at radius 3 is 2.46 bits per heavy atom. The quantitative estimate of drug-likeness (QED) is 0.853. The normalized spacial score (nSPS) is 15.2. The summed E-state index contributed by atoms with van der Waals surface area (Å²) in [5, 5.41) is 0.767. The van der Waals surface area contributed by atoms with Gasteiger partial charge < -0.3 is 14.4 Å². The summed E-state index contributed by atoms with van der Waals surface area (Å²) < 4.78 is 1.76. The smallest absolute Gasteiger partial charge is 0.293 e. The predicted octanol–water partition coefficient (Wildman–Crippen LogP) is 2.88. The monoisotopic (exact) mass is 346 g/mol. The van der Waals surface area contributed by atoms with Crippen LogP contribution >= 0.6 is 11.6 Å². The minimum atomic E-state index is -0.00241. The van der Waals surface area contributed by atoms with Crippen LogP contribution in [0, 0.1) is 5.92 Å². The van der Waals surface area contributed by atoms with Crippen molar-refractivity contribution in [2.24, 2.45) is 5.92 Å². The molecule has 1 fully saturated rings. The highest BCUT2D eigenvalue weighted by atomic mass is 35.5. The lowest BCUT2D eigenvalue weighted by Crippen LogP contribution is -2.49. The van der Waals surface area contributed by atoms with Crippen LogP contribution < -0.4 is 15.4 Å². The second-order valence-corrected chi connectivity index (χ2v) is 6.93. The largest absolute Gasteiger partial charge is 0.367 e. The molecule has 1 saturated heterocycles. The van der Waals surface area contributed by atoms with E-state index in [4.69, 9.17) is 11.6 Å². The van der Waals surface area contributed by atoms with Crippen molar-refractivity contribution in [1.82, 2.24) is 9.55 Å². The standard InChI is InChI=1S/C18H23ClN4O/c1-14(2)13-23-8-7-20-17(18(23)24)22-11-9-21(10-12-22)16-6-4-3-5-15(16)19/h3-8,14H,9-13H2,1-2H3.